The van der Waals surface area contributed by atoms with Crippen molar-refractivity contribution in [1.82, 2.24) is 10.2 Å². The van der Waals surface area contributed by atoms with E-state index in [1.165, 1.54) is 23.5 Å². The van der Waals surface area contributed by atoms with Crippen LogP contribution in [0.4, 0.5) is 4.39 Å². The predicted octanol–water partition coefficient (Wildman–Crippen LogP) is 3.54. The second kappa shape index (κ2) is 4.70. The zero-order valence-corrected chi connectivity index (χ0v) is 10.1. The Kier molecular flexibility index (Phi) is 3.29. The summed E-state index contributed by atoms with van der Waals surface area (Å²) in [5.41, 5.74) is 0.799. The fraction of sp³-hybridized carbons (Fsp3) is 0.333. The molecule has 0 fully saturated rings. The number of aromatic nitrogens is 2. The molecule has 0 saturated heterocycles. The van der Waals surface area contributed by atoms with E-state index in [0.717, 1.165) is 22.0 Å². The largest absolute Gasteiger partial charge is 0.207 e. The van der Waals surface area contributed by atoms with E-state index in [2.05, 4.69) is 24.0 Å². The fourth-order valence-corrected chi connectivity index (χ4v) is 2.47. The summed E-state index contributed by atoms with van der Waals surface area (Å²) in [5.74, 6) is 0.325. The van der Waals surface area contributed by atoms with Gasteiger partial charge in [-0.15, -0.1) is 10.2 Å². The van der Waals surface area contributed by atoms with Gasteiger partial charge in [0.2, 0.25) is 0 Å². The summed E-state index contributed by atoms with van der Waals surface area (Å²) >= 11 is 1.53. The predicted molar refractivity (Wildman–Crippen MR) is 63.8 cm³/mol. The number of hydrogen-bond acceptors (Lipinski definition) is 3. The second-order valence-corrected chi connectivity index (χ2v) is 5.17. The SMILES string of the molecule is CC(C)Cc1nnc(-c2cccc(F)c2)s1. The molecule has 1 aromatic heterocycles. The molecule has 0 aliphatic heterocycles. The maximum atomic E-state index is 13.0. The summed E-state index contributed by atoms with van der Waals surface area (Å²) in [4.78, 5) is 0. The van der Waals surface area contributed by atoms with Crippen LogP contribution in [0.15, 0.2) is 24.3 Å². The standard InChI is InChI=1S/C12H13FN2S/c1-8(2)6-11-14-15-12(16-11)9-4-3-5-10(13)7-9/h3-5,7-8H,6H2,1-2H3. The number of benzene rings is 1. The molecule has 2 rings (SSSR count). The molecule has 4 heteroatoms. The molecular weight excluding hydrogens is 223 g/mol. The topological polar surface area (TPSA) is 25.8 Å². The van der Waals surface area contributed by atoms with Crippen molar-refractivity contribution in [3.05, 3.63) is 35.1 Å². The minimum absolute atomic E-state index is 0.238. The Bertz CT molecular complexity index is 479. The van der Waals surface area contributed by atoms with E-state index in [9.17, 15) is 4.39 Å². The van der Waals surface area contributed by atoms with E-state index >= 15 is 0 Å². The fourth-order valence-electron chi connectivity index (χ4n) is 1.42. The lowest BCUT2D eigenvalue weighted by molar-refractivity contribution is 0.628. The number of halogens is 1. The molecule has 1 heterocycles. The first-order chi connectivity index (χ1) is 7.65. The average Bonchev–Trinajstić information content (AvgIpc) is 2.65. The molecule has 0 N–H and O–H groups in total. The van der Waals surface area contributed by atoms with Crippen LogP contribution in [0.25, 0.3) is 10.6 Å². The molecule has 0 unspecified atom stereocenters. The van der Waals surface area contributed by atoms with Gasteiger partial charge in [-0.1, -0.05) is 37.3 Å². The normalized spacial score (nSPS) is 11.0. The molecule has 0 radical (unpaired) electrons. The molecule has 0 saturated carbocycles. The summed E-state index contributed by atoms with van der Waals surface area (Å²) in [5, 5.41) is 9.99. The Hall–Kier alpha value is -1.29. The molecule has 0 amide bonds. The van der Waals surface area contributed by atoms with Gasteiger partial charge in [-0.2, -0.15) is 0 Å². The van der Waals surface area contributed by atoms with Gasteiger partial charge < -0.3 is 0 Å². The number of rotatable bonds is 3. The van der Waals surface area contributed by atoms with Crippen LogP contribution < -0.4 is 0 Å². The summed E-state index contributed by atoms with van der Waals surface area (Å²) in [6.45, 7) is 4.28. The first kappa shape index (κ1) is 11.2. The van der Waals surface area contributed by atoms with Crippen molar-refractivity contribution in [2.75, 3.05) is 0 Å². The lowest BCUT2D eigenvalue weighted by atomic mass is 10.1. The van der Waals surface area contributed by atoms with Crippen LogP contribution in [0, 0.1) is 11.7 Å². The van der Waals surface area contributed by atoms with Crippen LogP contribution in [0.5, 0.6) is 0 Å². The Labute approximate surface area is 98.2 Å². The van der Waals surface area contributed by atoms with E-state index in [4.69, 9.17) is 0 Å². The van der Waals surface area contributed by atoms with Gasteiger partial charge >= 0.3 is 0 Å². The van der Waals surface area contributed by atoms with Crippen molar-refractivity contribution in [3.8, 4) is 10.6 Å². The lowest BCUT2D eigenvalue weighted by Gasteiger charge is -1.97. The van der Waals surface area contributed by atoms with Crippen LogP contribution >= 0.6 is 11.3 Å². The molecule has 84 valence electrons. The minimum atomic E-state index is -0.238. The van der Waals surface area contributed by atoms with Crippen LogP contribution in [0.1, 0.15) is 18.9 Å². The molecule has 0 aliphatic rings. The van der Waals surface area contributed by atoms with Gasteiger partial charge in [0.1, 0.15) is 15.8 Å². The lowest BCUT2D eigenvalue weighted by Crippen LogP contribution is -1.92. The highest BCUT2D eigenvalue weighted by atomic mass is 32.1. The molecule has 1 aromatic carbocycles. The van der Waals surface area contributed by atoms with E-state index < -0.39 is 0 Å². The molecule has 0 spiro atoms. The quantitative estimate of drug-likeness (QED) is 0.814. The van der Waals surface area contributed by atoms with Crippen LogP contribution in [-0.4, -0.2) is 10.2 Å². The van der Waals surface area contributed by atoms with Gasteiger partial charge in [0, 0.05) is 12.0 Å². The average molecular weight is 236 g/mol. The minimum Gasteiger partial charge on any atom is -0.207 e. The summed E-state index contributed by atoms with van der Waals surface area (Å²) in [6, 6.07) is 6.45. The Morgan fingerprint density at radius 2 is 2.12 bits per heavy atom. The highest BCUT2D eigenvalue weighted by Crippen LogP contribution is 2.25. The highest BCUT2D eigenvalue weighted by molar-refractivity contribution is 7.14. The second-order valence-electron chi connectivity index (χ2n) is 4.11. The smallest absolute Gasteiger partial charge is 0.147 e. The number of hydrogen-bond donors (Lipinski definition) is 0. The molecule has 2 nitrogen and oxygen atoms in total. The van der Waals surface area contributed by atoms with Gasteiger partial charge in [0.05, 0.1) is 0 Å². The van der Waals surface area contributed by atoms with E-state index in [1.807, 2.05) is 6.07 Å². The van der Waals surface area contributed by atoms with Crippen LogP contribution in [0.2, 0.25) is 0 Å². The third-order valence-corrected chi connectivity index (χ3v) is 3.12. The third-order valence-electron chi connectivity index (χ3n) is 2.12. The van der Waals surface area contributed by atoms with Gasteiger partial charge in [-0.05, 0) is 18.1 Å². The Morgan fingerprint density at radius 3 is 2.81 bits per heavy atom. The molecule has 16 heavy (non-hydrogen) atoms. The summed E-state index contributed by atoms with van der Waals surface area (Å²) in [7, 11) is 0. The zero-order valence-electron chi connectivity index (χ0n) is 9.27. The summed E-state index contributed by atoms with van der Waals surface area (Å²) in [6.07, 6.45) is 0.924. The van der Waals surface area contributed by atoms with Crippen LogP contribution in [0.3, 0.4) is 0 Å². The van der Waals surface area contributed by atoms with Gasteiger partial charge in [0.25, 0.3) is 0 Å². The maximum Gasteiger partial charge on any atom is 0.147 e. The highest BCUT2D eigenvalue weighted by Gasteiger charge is 2.08. The van der Waals surface area contributed by atoms with E-state index in [-0.39, 0.29) is 5.82 Å². The van der Waals surface area contributed by atoms with Gasteiger partial charge in [0.15, 0.2) is 0 Å². The summed E-state index contributed by atoms with van der Waals surface area (Å²) < 4.78 is 13.0. The van der Waals surface area contributed by atoms with Crippen molar-refractivity contribution in [2.24, 2.45) is 5.92 Å². The molecule has 2 aromatic rings. The van der Waals surface area contributed by atoms with Gasteiger partial charge in [-0.3, -0.25) is 0 Å². The zero-order chi connectivity index (χ0) is 11.5. The third kappa shape index (κ3) is 2.64. The van der Waals surface area contributed by atoms with Crippen molar-refractivity contribution >= 4 is 11.3 Å². The maximum absolute atomic E-state index is 13.0. The van der Waals surface area contributed by atoms with Gasteiger partial charge in [-0.25, -0.2) is 4.39 Å². The van der Waals surface area contributed by atoms with Crippen molar-refractivity contribution in [2.45, 2.75) is 20.3 Å². The first-order valence-corrected chi connectivity index (χ1v) is 6.05. The van der Waals surface area contributed by atoms with Crippen molar-refractivity contribution in [1.29, 1.82) is 0 Å². The molecule has 0 aliphatic carbocycles. The molecule has 0 bridgehead atoms. The van der Waals surface area contributed by atoms with Crippen molar-refractivity contribution in [3.63, 3.8) is 0 Å². The molecule has 0 atom stereocenters. The molecular formula is C12H13FN2S. The van der Waals surface area contributed by atoms with E-state index in [1.54, 1.807) is 6.07 Å². The number of nitrogens with zero attached hydrogens (tertiary/aromatic N) is 2. The van der Waals surface area contributed by atoms with E-state index in [0.29, 0.717) is 5.92 Å². The van der Waals surface area contributed by atoms with Crippen LogP contribution in [-0.2, 0) is 6.42 Å². The van der Waals surface area contributed by atoms with Crippen molar-refractivity contribution < 1.29 is 4.39 Å². The first-order valence-electron chi connectivity index (χ1n) is 5.23. The monoisotopic (exact) mass is 236 g/mol. The Morgan fingerprint density at radius 1 is 1.31 bits per heavy atom. The Balaban J connectivity index is 2.24.